The van der Waals surface area contributed by atoms with Crippen molar-refractivity contribution in [3.63, 3.8) is 0 Å². The standard InChI is InChI=1S/C24H38N2O/c1-3-4-5-9-19(2)24-18-23(26-27-24)22-11-7-6-10-20(12-8-13-22)21-14-16-25-17-15-21/h3-5,9,20-22,24-25H,2,6-8,10-18H2,1H3/b4-3-,9-5-. The largest absolute Gasteiger partial charge is 0.387 e. The highest BCUT2D eigenvalue weighted by molar-refractivity contribution is 5.88. The minimum Gasteiger partial charge on any atom is -0.387 e. The van der Waals surface area contributed by atoms with Crippen LogP contribution in [0.3, 0.4) is 0 Å². The first-order valence-electron chi connectivity index (χ1n) is 11.2. The van der Waals surface area contributed by atoms with Gasteiger partial charge in [0, 0.05) is 12.3 Å². The average Bonchev–Trinajstić information content (AvgIpc) is 3.22. The predicted octanol–water partition coefficient (Wildman–Crippen LogP) is 5.80. The van der Waals surface area contributed by atoms with Gasteiger partial charge in [0.1, 0.15) is 0 Å². The molecule has 2 heterocycles. The summed E-state index contributed by atoms with van der Waals surface area (Å²) in [5.74, 6) is 2.54. The normalized spacial score (nSPS) is 31.3. The van der Waals surface area contributed by atoms with Gasteiger partial charge in [0.25, 0.3) is 0 Å². The van der Waals surface area contributed by atoms with Crippen molar-refractivity contribution in [2.75, 3.05) is 13.1 Å². The lowest BCUT2D eigenvalue weighted by Crippen LogP contribution is -2.31. The van der Waals surface area contributed by atoms with Crippen LogP contribution in [-0.4, -0.2) is 24.9 Å². The Morgan fingerprint density at radius 1 is 1.00 bits per heavy atom. The summed E-state index contributed by atoms with van der Waals surface area (Å²) in [6, 6.07) is 0. The summed E-state index contributed by atoms with van der Waals surface area (Å²) in [7, 11) is 0. The highest BCUT2D eigenvalue weighted by Crippen LogP contribution is 2.35. The molecule has 1 N–H and O–H groups in total. The van der Waals surface area contributed by atoms with Crippen molar-refractivity contribution in [1.29, 1.82) is 0 Å². The molecule has 0 aromatic heterocycles. The van der Waals surface area contributed by atoms with Crippen LogP contribution in [-0.2, 0) is 4.84 Å². The summed E-state index contributed by atoms with van der Waals surface area (Å²) in [5.41, 5.74) is 2.32. The van der Waals surface area contributed by atoms with E-state index in [2.05, 4.69) is 23.1 Å². The summed E-state index contributed by atoms with van der Waals surface area (Å²) < 4.78 is 0. The van der Waals surface area contributed by atoms with Crippen molar-refractivity contribution >= 4 is 5.71 Å². The second-order valence-electron chi connectivity index (χ2n) is 8.60. The maximum absolute atomic E-state index is 5.74. The van der Waals surface area contributed by atoms with E-state index in [4.69, 9.17) is 4.84 Å². The Kier molecular flexibility index (Phi) is 8.19. The minimum atomic E-state index is 0.0385. The van der Waals surface area contributed by atoms with Gasteiger partial charge in [-0.2, -0.15) is 0 Å². The Morgan fingerprint density at radius 2 is 1.70 bits per heavy atom. The molecule has 3 nitrogen and oxygen atoms in total. The highest BCUT2D eigenvalue weighted by atomic mass is 16.6. The Balaban J connectivity index is 1.49. The van der Waals surface area contributed by atoms with Gasteiger partial charge in [0.05, 0.1) is 5.71 Å². The van der Waals surface area contributed by atoms with Crippen LogP contribution in [0.15, 0.2) is 41.6 Å². The average molecular weight is 371 g/mol. The third kappa shape index (κ3) is 6.07. The van der Waals surface area contributed by atoms with Crippen molar-refractivity contribution in [3.8, 4) is 0 Å². The van der Waals surface area contributed by atoms with E-state index in [1.165, 1.54) is 76.6 Å². The Morgan fingerprint density at radius 3 is 2.52 bits per heavy atom. The van der Waals surface area contributed by atoms with Gasteiger partial charge >= 0.3 is 0 Å². The van der Waals surface area contributed by atoms with Crippen LogP contribution in [0.25, 0.3) is 0 Å². The van der Waals surface area contributed by atoms with Crippen molar-refractivity contribution in [2.24, 2.45) is 22.9 Å². The minimum absolute atomic E-state index is 0.0385. The van der Waals surface area contributed by atoms with Crippen LogP contribution in [0.4, 0.5) is 0 Å². The lowest BCUT2D eigenvalue weighted by atomic mass is 9.79. The van der Waals surface area contributed by atoms with Crippen LogP contribution in [0, 0.1) is 17.8 Å². The topological polar surface area (TPSA) is 33.6 Å². The molecule has 1 saturated heterocycles. The zero-order valence-corrected chi connectivity index (χ0v) is 17.2. The van der Waals surface area contributed by atoms with Crippen molar-refractivity contribution in [2.45, 2.75) is 77.2 Å². The SMILES string of the molecule is C=C(/C=C\C=C/C)C1CC(C2CCCCC(C3CCNCC3)CCC2)=NO1. The van der Waals surface area contributed by atoms with Gasteiger partial charge in [-0.1, -0.05) is 68.1 Å². The summed E-state index contributed by atoms with van der Waals surface area (Å²) in [4.78, 5) is 5.74. The Hall–Kier alpha value is -1.35. The third-order valence-corrected chi connectivity index (χ3v) is 6.75. The fraction of sp³-hybridized carbons (Fsp3) is 0.708. The molecule has 0 aromatic carbocycles. The van der Waals surface area contributed by atoms with Crippen LogP contribution in [0.5, 0.6) is 0 Å². The molecule has 0 amide bonds. The zero-order valence-electron chi connectivity index (χ0n) is 17.2. The molecule has 0 aromatic rings. The number of hydrogen-bond donors (Lipinski definition) is 1. The van der Waals surface area contributed by atoms with Gasteiger partial charge in [-0.05, 0) is 63.1 Å². The molecule has 1 saturated carbocycles. The molecule has 2 fully saturated rings. The molecule has 3 aliphatic rings. The predicted molar refractivity (Wildman–Crippen MR) is 115 cm³/mol. The lowest BCUT2D eigenvalue weighted by Gasteiger charge is -2.30. The van der Waals surface area contributed by atoms with E-state index < -0.39 is 0 Å². The molecule has 0 radical (unpaired) electrons. The van der Waals surface area contributed by atoms with E-state index in [9.17, 15) is 0 Å². The van der Waals surface area contributed by atoms with Crippen LogP contribution in [0.2, 0.25) is 0 Å². The van der Waals surface area contributed by atoms with Crippen LogP contribution in [0.1, 0.15) is 71.1 Å². The molecule has 0 spiro atoms. The molecule has 1 aliphatic carbocycles. The summed E-state index contributed by atoms with van der Waals surface area (Å²) in [5, 5.41) is 8.02. The van der Waals surface area contributed by atoms with Gasteiger partial charge in [-0.15, -0.1) is 0 Å². The maximum atomic E-state index is 5.74. The summed E-state index contributed by atoms with van der Waals surface area (Å²) in [6.07, 6.45) is 21.4. The zero-order chi connectivity index (χ0) is 18.9. The van der Waals surface area contributed by atoms with Gasteiger partial charge in [0.15, 0.2) is 6.10 Å². The lowest BCUT2D eigenvalue weighted by molar-refractivity contribution is 0.114. The second-order valence-corrected chi connectivity index (χ2v) is 8.60. The molecule has 2 aliphatic heterocycles. The van der Waals surface area contributed by atoms with Crippen molar-refractivity contribution < 1.29 is 4.84 Å². The number of nitrogens with zero attached hydrogens (tertiary/aromatic N) is 1. The number of allylic oxidation sites excluding steroid dienone is 3. The van der Waals surface area contributed by atoms with Gasteiger partial charge in [0.2, 0.25) is 0 Å². The summed E-state index contributed by atoms with van der Waals surface area (Å²) in [6.45, 7) is 8.65. The molecular formula is C24H38N2O. The fourth-order valence-electron chi connectivity index (χ4n) is 5.07. The van der Waals surface area contributed by atoms with E-state index in [-0.39, 0.29) is 6.10 Å². The van der Waals surface area contributed by atoms with Crippen molar-refractivity contribution in [1.82, 2.24) is 5.32 Å². The number of rotatable bonds is 5. The molecule has 0 bridgehead atoms. The number of oxime groups is 1. The monoisotopic (exact) mass is 370 g/mol. The van der Waals surface area contributed by atoms with Gasteiger partial charge in [-0.25, -0.2) is 0 Å². The third-order valence-electron chi connectivity index (χ3n) is 6.75. The Bertz CT molecular complexity index is 557. The number of piperidine rings is 1. The number of hydrogen-bond acceptors (Lipinski definition) is 3. The van der Waals surface area contributed by atoms with Gasteiger partial charge < -0.3 is 10.2 Å². The van der Waals surface area contributed by atoms with Crippen molar-refractivity contribution in [3.05, 3.63) is 36.5 Å². The molecule has 27 heavy (non-hydrogen) atoms. The molecule has 150 valence electrons. The molecular weight excluding hydrogens is 332 g/mol. The molecule has 3 rings (SSSR count). The molecule has 3 unspecified atom stereocenters. The van der Waals surface area contributed by atoms with E-state index in [0.717, 1.165) is 23.8 Å². The first-order valence-corrected chi connectivity index (χ1v) is 11.2. The van der Waals surface area contributed by atoms with Crippen LogP contribution < -0.4 is 5.32 Å². The summed E-state index contributed by atoms with van der Waals surface area (Å²) >= 11 is 0. The first-order chi connectivity index (χ1) is 13.3. The smallest absolute Gasteiger partial charge is 0.157 e. The maximum Gasteiger partial charge on any atom is 0.157 e. The highest BCUT2D eigenvalue weighted by Gasteiger charge is 2.30. The quantitative estimate of drug-likeness (QED) is 0.621. The first kappa shape index (κ1) is 20.4. The van der Waals surface area contributed by atoms with E-state index in [1.807, 2.05) is 25.2 Å². The number of nitrogens with one attached hydrogen (secondary N) is 1. The van der Waals surface area contributed by atoms with Gasteiger partial charge in [-0.3, -0.25) is 0 Å². The fourth-order valence-corrected chi connectivity index (χ4v) is 5.07. The van der Waals surface area contributed by atoms with E-state index in [1.54, 1.807) is 0 Å². The van der Waals surface area contributed by atoms with E-state index >= 15 is 0 Å². The van der Waals surface area contributed by atoms with Crippen LogP contribution >= 0.6 is 0 Å². The second kappa shape index (κ2) is 10.8. The Labute approximate surface area is 166 Å². The molecule has 3 heteroatoms. The molecule has 3 atom stereocenters. The van der Waals surface area contributed by atoms with E-state index in [0.29, 0.717) is 5.92 Å².